The van der Waals surface area contributed by atoms with E-state index in [1.54, 1.807) is 0 Å². The van der Waals surface area contributed by atoms with Crippen LogP contribution in [0, 0.1) is 5.92 Å². The van der Waals surface area contributed by atoms with Crippen molar-refractivity contribution in [1.82, 2.24) is 14.9 Å². The van der Waals surface area contributed by atoms with E-state index in [0.717, 1.165) is 32.2 Å². The van der Waals surface area contributed by atoms with Gasteiger partial charge in [0.15, 0.2) is 0 Å². The Hall–Kier alpha value is -0.660. The molecule has 0 spiro atoms. The monoisotopic (exact) mass is 305 g/mol. The Morgan fingerprint density at radius 1 is 1.40 bits per heavy atom. The van der Waals surface area contributed by atoms with Crippen LogP contribution in [-0.4, -0.2) is 57.2 Å². The molecule has 118 valence electrons. The lowest BCUT2D eigenvalue weighted by Crippen LogP contribution is -2.56. The number of likely N-dealkylation sites (tertiary alicyclic amines) is 1. The third-order valence-electron chi connectivity index (χ3n) is 3.59. The summed E-state index contributed by atoms with van der Waals surface area (Å²) in [5, 5.41) is 3.19. The van der Waals surface area contributed by atoms with E-state index in [0.29, 0.717) is 13.1 Å². The quantitative estimate of drug-likeness (QED) is 0.733. The molecule has 1 saturated heterocycles. The number of piperidine rings is 1. The van der Waals surface area contributed by atoms with Crippen LogP contribution < -0.4 is 10.0 Å². The van der Waals surface area contributed by atoms with Crippen molar-refractivity contribution in [3.05, 3.63) is 0 Å². The van der Waals surface area contributed by atoms with Gasteiger partial charge in [-0.1, -0.05) is 6.92 Å². The number of amides is 1. The third-order valence-corrected chi connectivity index (χ3v) is 4.28. The van der Waals surface area contributed by atoms with E-state index in [4.69, 9.17) is 0 Å². The molecule has 2 N–H and O–H groups in total. The largest absolute Gasteiger partial charge is 0.341 e. The summed E-state index contributed by atoms with van der Waals surface area (Å²) in [6.45, 7) is 8.27. The molecule has 1 heterocycles. The summed E-state index contributed by atoms with van der Waals surface area (Å²) in [5.74, 6) is 0.281. The Morgan fingerprint density at radius 2 is 2.05 bits per heavy atom. The highest BCUT2D eigenvalue weighted by Gasteiger charge is 2.33. The van der Waals surface area contributed by atoms with Crippen LogP contribution in [0.25, 0.3) is 0 Å². The molecule has 1 unspecified atom stereocenters. The van der Waals surface area contributed by atoms with Gasteiger partial charge in [-0.2, -0.15) is 0 Å². The standard InChI is InChI=1S/C13H27N3O3S/c1-5-14-13(2,3)12(17)16-8-6-7-11(10-16)9-15-20(4,18)19/h11,14-15H,5-10H2,1-4H3. The smallest absolute Gasteiger partial charge is 0.242 e. The van der Waals surface area contributed by atoms with Crippen LogP contribution >= 0.6 is 0 Å². The Bertz CT molecular complexity index is 434. The van der Waals surface area contributed by atoms with Crippen LogP contribution in [0.5, 0.6) is 0 Å². The van der Waals surface area contributed by atoms with Gasteiger partial charge in [0.1, 0.15) is 0 Å². The van der Waals surface area contributed by atoms with Gasteiger partial charge < -0.3 is 10.2 Å². The van der Waals surface area contributed by atoms with Crippen LogP contribution in [0.3, 0.4) is 0 Å². The van der Waals surface area contributed by atoms with Gasteiger partial charge in [0.2, 0.25) is 15.9 Å². The number of carbonyl (C=O) groups is 1. The maximum absolute atomic E-state index is 12.5. The Balaban J connectivity index is 2.58. The van der Waals surface area contributed by atoms with Crippen molar-refractivity contribution >= 4 is 15.9 Å². The second-order valence-electron chi connectivity index (χ2n) is 6.04. The third kappa shape index (κ3) is 5.38. The highest BCUT2D eigenvalue weighted by Crippen LogP contribution is 2.19. The predicted octanol–water partition coefficient (Wildman–Crippen LogP) is 0.162. The lowest BCUT2D eigenvalue weighted by molar-refractivity contribution is -0.138. The van der Waals surface area contributed by atoms with Crippen molar-refractivity contribution in [3.8, 4) is 0 Å². The van der Waals surface area contributed by atoms with Crippen molar-refractivity contribution < 1.29 is 13.2 Å². The summed E-state index contributed by atoms with van der Waals surface area (Å²) < 4.78 is 24.8. The molecule has 1 amide bonds. The second kappa shape index (κ2) is 6.87. The molecular formula is C13H27N3O3S. The topological polar surface area (TPSA) is 78.5 Å². The summed E-state index contributed by atoms with van der Waals surface area (Å²) in [5.41, 5.74) is -0.569. The summed E-state index contributed by atoms with van der Waals surface area (Å²) >= 11 is 0. The zero-order chi connectivity index (χ0) is 15.4. The average Bonchev–Trinajstić information content (AvgIpc) is 2.35. The number of likely N-dealkylation sites (N-methyl/N-ethyl adjacent to an activating group) is 1. The van der Waals surface area contributed by atoms with Gasteiger partial charge in [-0.3, -0.25) is 4.79 Å². The number of nitrogens with one attached hydrogen (secondary N) is 2. The van der Waals surface area contributed by atoms with E-state index >= 15 is 0 Å². The Kier molecular flexibility index (Phi) is 5.97. The molecule has 1 aliphatic rings. The molecule has 1 fully saturated rings. The van der Waals surface area contributed by atoms with Crippen LogP contribution in [-0.2, 0) is 14.8 Å². The maximum atomic E-state index is 12.5. The molecule has 0 saturated carbocycles. The van der Waals surface area contributed by atoms with Crippen molar-refractivity contribution in [1.29, 1.82) is 0 Å². The number of hydrogen-bond donors (Lipinski definition) is 2. The van der Waals surface area contributed by atoms with Crippen molar-refractivity contribution in [3.63, 3.8) is 0 Å². The highest BCUT2D eigenvalue weighted by atomic mass is 32.2. The molecule has 0 aromatic carbocycles. The molecule has 0 aromatic rings. The number of sulfonamides is 1. The molecule has 6 nitrogen and oxygen atoms in total. The fourth-order valence-electron chi connectivity index (χ4n) is 2.60. The first-order valence-electron chi connectivity index (χ1n) is 7.14. The number of hydrogen-bond acceptors (Lipinski definition) is 4. The van der Waals surface area contributed by atoms with Gasteiger partial charge in [-0.15, -0.1) is 0 Å². The minimum atomic E-state index is -3.16. The highest BCUT2D eigenvalue weighted by molar-refractivity contribution is 7.88. The van der Waals surface area contributed by atoms with E-state index in [1.807, 2.05) is 25.7 Å². The van der Waals surface area contributed by atoms with Crippen molar-refractivity contribution in [2.24, 2.45) is 5.92 Å². The van der Waals surface area contributed by atoms with E-state index in [1.165, 1.54) is 0 Å². The lowest BCUT2D eigenvalue weighted by atomic mass is 9.95. The lowest BCUT2D eigenvalue weighted by Gasteiger charge is -2.38. The minimum Gasteiger partial charge on any atom is -0.341 e. The van der Waals surface area contributed by atoms with Gasteiger partial charge in [-0.25, -0.2) is 13.1 Å². The molecule has 0 aromatic heterocycles. The first-order valence-corrected chi connectivity index (χ1v) is 9.04. The Labute approximate surface area is 122 Å². The second-order valence-corrected chi connectivity index (χ2v) is 7.87. The zero-order valence-electron chi connectivity index (χ0n) is 12.9. The summed E-state index contributed by atoms with van der Waals surface area (Å²) in [6.07, 6.45) is 3.03. The fraction of sp³-hybridized carbons (Fsp3) is 0.923. The molecule has 0 radical (unpaired) electrons. The van der Waals surface area contributed by atoms with Crippen LogP contribution in [0.15, 0.2) is 0 Å². The van der Waals surface area contributed by atoms with E-state index in [9.17, 15) is 13.2 Å². The normalized spacial score (nSPS) is 21.0. The molecule has 7 heteroatoms. The molecule has 20 heavy (non-hydrogen) atoms. The maximum Gasteiger partial charge on any atom is 0.242 e. The summed E-state index contributed by atoms with van der Waals surface area (Å²) in [6, 6.07) is 0. The SMILES string of the molecule is CCNC(C)(C)C(=O)N1CCCC(CNS(C)(=O)=O)C1. The van der Waals surface area contributed by atoms with Crippen molar-refractivity contribution in [2.75, 3.05) is 32.4 Å². The van der Waals surface area contributed by atoms with Gasteiger partial charge in [0.25, 0.3) is 0 Å². The van der Waals surface area contributed by atoms with E-state index < -0.39 is 15.6 Å². The predicted molar refractivity (Wildman–Crippen MR) is 79.9 cm³/mol. The molecular weight excluding hydrogens is 278 g/mol. The minimum absolute atomic E-state index is 0.0865. The van der Waals surface area contributed by atoms with Gasteiger partial charge in [-0.05, 0) is 39.2 Å². The summed E-state index contributed by atoms with van der Waals surface area (Å²) in [4.78, 5) is 14.3. The van der Waals surface area contributed by atoms with Gasteiger partial charge in [0.05, 0.1) is 11.8 Å². The number of rotatable bonds is 6. The van der Waals surface area contributed by atoms with Crippen molar-refractivity contribution in [2.45, 2.75) is 39.2 Å². The van der Waals surface area contributed by atoms with E-state index in [-0.39, 0.29) is 11.8 Å². The average molecular weight is 305 g/mol. The first kappa shape index (κ1) is 17.4. The number of nitrogens with zero attached hydrogens (tertiary/aromatic N) is 1. The van der Waals surface area contributed by atoms with Gasteiger partial charge >= 0.3 is 0 Å². The van der Waals surface area contributed by atoms with E-state index in [2.05, 4.69) is 10.0 Å². The molecule has 1 aliphatic heterocycles. The molecule has 1 atom stereocenters. The van der Waals surface area contributed by atoms with Crippen LogP contribution in [0.1, 0.15) is 33.6 Å². The summed E-state index contributed by atoms with van der Waals surface area (Å²) in [7, 11) is -3.16. The molecule has 1 rings (SSSR count). The Morgan fingerprint density at radius 3 is 2.60 bits per heavy atom. The first-order chi connectivity index (χ1) is 9.15. The molecule has 0 aliphatic carbocycles. The number of carbonyl (C=O) groups excluding carboxylic acids is 1. The van der Waals surface area contributed by atoms with Gasteiger partial charge in [0, 0.05) is 19.6 Å². The fourth-order valence-corrected chi connectivity index (χ4v) is 3.14. The zero-order valence-corrected chi connectivity index (χ0v) is 13.7. The molecule has 0 bridgehead atoms. The van der Waals surface area contributed by atoms with Crippen LogP contribution in [0.4, 0.5) is 0 Å². The van der Waals surface area contributed by atoms with Crippen LogP contribution in [0.2, 0.25) is 0 Å².